The van der Waals surface area contributed by atoms with Crippen molar-refractivity contribution in [2.24, 2.45) is 5.73 Å². The average molecular weight is 250 g/mol. The van der Waals surface area contributed by atoms with Crippen LogP contribution in [0.4, 0.5) is 5.69 Å². The van der Waals surface area contributed by atoms with Gasteiger partial charge < -0.3 is 10.5 Å². The van der Waals surface area contributed by atoms with Gasteiger partial charge in [-0.25, -0.2) is 0 Å². The van der Waals surface area contributed by atoms with Crippen LogP contribution < -0.4 is 10.8 Å². The van der Waals surface area contributed by atoms with Gasteiger partial charge in [-0.15, -0.1) is 0 Å². The first kappa shape index (κ1) is 12.9. The molecule has 0 aromatic heterocycles. The summed E-state index contributed by atoms with van der Waals surface area (Å²) < 4.78 is 5.33. The molecule has 1 amide bonds. The van der Waals surface area contributed by atoms with Crippen molar-refractivity contribution >= 4 is 11.6 Å². The van der Waals surface area contributed by atoms with Crippen LogP contribution in [0.1, 0.15) is 23.2 Å². The Kier molecular flexibility index (Phi) is 4.17. The number of ether oxygens (including phenoxy) is 1. The van der Waals surface area contributed by atoms with E-state index in [1.807, 2.05) is 12.1 Å². The topological polar surface area (TPSA) is 64.8 Å². The van der Waals surface area contributed by atoms with Gasteiger partial charge in [0.05, 0.1) is 24.4 Å². The van der Waals surface area contributed by atoms with Gasteiger partial charge in [-0.2, -0.15) is 0 Å². The highest BCUT2D eigenvalue weighted by atomic mass is 16.7. The van der Waals surface area contributed by atoms with Crippen LogP contribution in [0.2, 0.25) is 0 Å². The number of para-hydroxylation sites is 1. The van der Waals surface area contributed by atoms with Gasteiger partial charge in [-0.05, 0) is 25.0 Å². The highest BCUT2D eigenvalue weighted by Crippen LogP contribution is 2.26. The van der Waals surface area contributed by atoms with E-state index >= 15 is 0 Å². The zero-order valence-electron chi connectivity index (χ0n) is 10.5. The highest BCUT2D eigenvalue weighted by molar-refractivity contribution is 5.98. The normalized spacial score (nSPS) is 16.5. The summed E-state index contributed by atoms with van der Waals surface area (Å²) in [5, 5.41) is 1.77. The third kappa shape index (κ3) is 2.63. The maximum Gasteiger partial charge on any atom is 0.250 e. The molecule has 1 saturated heterocycles. The van der Waals surface area contributed by atoms with E-state index in [2.05, 4.69) is 0 Å². The monoisotopic (exact) mass is 250 g/mol. The minimum absolute atomic E-state index is 0.212. The summed E-state index contributed by atoms with van der Waals surface area (Å²) in [5.74, 6) is -0.445. The number of nitrogens with zero attached hydrogens (tertiary/aromatic N) is 1. The molecule has 2 N–H and O–H groups in total. The van der Waals surface area contributed by atoms with Crippen molar-refractivity contribution in [2.75, 3.05) is 25.4 Å². The fourth-order valence-corrected chi connectivity index (χ4v) is 2.24. The first-order valence-electron chi connectivity index (χ1n) is 6.04. The largest absolute Gasteiger partial charge is 0.381 e. The molecular formula is C13H18N2O3. The van der Waals surface area contributed by atoms with Gasteiger partial charge in [-0.1, -0.05) is 12.1 Å². The highest BCUT2D eigenvalue weighted by Gasteiger charge is 2.24. The van der Waals surface area contributed by atoms with E-state index in [1.54, 1.807) is 24.3 Å². The Bertz CT molecular complexity index is 416. The Labute approximate surface area is 106 Å². The van der Waals surface area contributed by atoms with E-state index in [4.69, 9.17) is 15.3 Å². The summed E-state index contributed by atoms with van der Waals surface area (Å²) in [4.78, 5) is 16.9. The predicted octanol–water partition coefficient (Wildman–Crippen LogP) is 1.33. The summed E-state index contributed by atoms with van der Waals surface area (Å²) in [6.45, 7) is 1.42. The second-order valence-corrected chi connectivity index (χ2v) is 4.23. The standard InChI is InChI=1S/C13H18N2O3/c1-17-15(10-6-8-18-9-7-10)12-5-3-2-4-11(12)13(14)16/h2-5,10H,6-9H2,1H3,(H2,14,16). The second kappa shape index (κ2) is 5.84. The molecule has 0 spiro atoms. The fourth-order valence-electron chi connectivity index (χ4n) is 2.24. The van der Waals surface area contributed by atoms with Crippen LogP contribution in [0.15, 0.2) is 24.3 Å². The third-order valence-electron chi connectivity index (χ3n) is 3.13. The number of rotatable bonds is 4. The Morgan fingerprint density at radius 3 is 2.67 bits per heavy atom. The van der Waals surface area contributed by atoms with Crippen molar-refractivity contribution in [2.45, 2.75) is 18.9 Å². The molecule has 1 aliphatic rings. The molecule has 1 fully saturated rings. The molecule has 98 valence electrons. The summed E-state index contributed by atoms with van der Waals surface area (Å²) in [7, 11) is 1.60. The molecule has 1 aromatic carbocycles. The number of nitrogens with two attached hydrogens (primary N) is 1. The Morgan fingerprint density at radius 2 is 2.06 bits per heavy atom. The van der Waals surface area contributed by atoms with Crippen LogP contribution in [0.3, 0.4) is 0 Å². The summed E-state index contributed by atoms with van der Waals surface area (Å²) in [5.41, 5.74) is 6.59. The van der Waals surface area contributed by atoms with Gasteiger partial charge in [0.25, 0.3) is 5.91 Å². The number of anilines is 1. The Balaban J connectivity index is 2.28. The molecule has 0 aliphatic carbocycles. The zero-order valence-corrected chi connectivity index (χ0v) is 10.5. The molecular weight excluding hydrogens is 232 g/mol. The van der Waals surface area contributed by atoms with Gasteiger partial charge in [0.2, 0.25) is 0 Å². The van der Waals surface area contributed by atoms with Crippen LogP contribution in [0.5, 0.6) is 0 Å². The van der Waals surface area contributed by atoms with Crippen molar-refractivity contribution in [3.05, 3.63) is 29.8 Å². The van der Waals surface area contributed by atoms with E-state index in [9.17, 15) is 4.79 Å². The van der Waals surface area contributed by atoms with Gasteiger partial charge in [0.1, 0.15) is 0 Å². The Morgan fingerprint density at radius 1 is 1.39 bits per heavy atom. The van der Waals surface area contributed by atoms with Crippen LogP contribution in [0.25, 0.3) is 0 Å². The molecule has 0 atom stereocenters. The molecule has 0 bridgehead atoms. The number of amides is 1. The van der Waals surface area contributed by atoms with E-state index in [0.717, 1.165) is 18.5 Å². The summed E-state index contributed by atoms with van der Waals surface area (Å²) in [6.07, 6.45) is 1.75. The molecule has 0 unspecified atom stereocenters. The zero-order chi connectivity index (χ0) is 13.0. The average Bonchev–Trinajstić information content (AvgIpc) is 2.41. The molecule has 5 nitrogen and oxygen atoms in total. The molecule has 0 saturated carbocycles. The number of hydrogen-bond acceptors (Lipinski definition) is 4. The SMILES string of the molecule is CON(c1ccccc1C(N)=O)C1CCOCC1. The first-order valence-corrected chi connectivity index (χ1v) is 6.04. The lowest BCUT2D eigenvalue weighted by atomic mass is 10.1. The smallest absolute Gasteiger partial charge is 0.250 e. The van der Waals surface area contributed by atoms with Gasteiger partial charge >= 0.3 is 0 Å². The number of primary amides is 1. The van der Waals surface area contributed by atoms with Crippen molar-refractivity contribution in [1.29, 1.82) is 0 Å². The molecule has 5 heteroatoms. The third-order valence-corrected chi connectivity index (χ3v) is 3.13. The second-order valence-electron chi connectivity index (χ2n) is 4.23. The van der Waals surface area contributed by atoms with E-state index in [0.29, 0.717) is 18.8 Å². The molecule has 18 heavy (non-hydrogen) atoms. The summed E-state index contributed by atoms with van der Waals surface area (Å²) >= 11 is 0. The van der Waals surface area contributed by atoms with Crippen LogP contribution >= 0.6 is 0 Å². The summed E-state index contributed by atoms with van der Waals surface area (Å²) in [6, 6.07) is 7.43. The molecule has 2 rings (SSSR count). The lowest BCUT2D eigenvalue weighted by Crippen LogP contribution is -2.39. The lowest BCUT2D eigenvalue weighted by molar-refractivity contribution is 0.0457. The van der Waals surface area contributed by atoms with E-state index < -0.39 is 5.91 Å². The van der Waals surface area contributed by atoms with Gasteiger partial charge in [0, 0.05) is 13.2 Å². The maximum atomic E-state index is 11.4. The maximum absolute atomic E-state index is 11.4. The van der Waals surface area contributed by atoms with Gasteiger partial charge in [-0.3, -0.25) is 14.7 Å². The van der Waals surface area contributed by atoms with Gasteiger partial charge in [0.15, 0.2) is 0 Å². The number of benzene rings is 1. The number of hydrogen-bond donors (Lipinski definition) is 1. The minimum atomic E-state index is -0.445. The molecule has 0 radical (unpaired) electrons. The van der Waals surface area contributed by atoms with Crippen molar-refractivity contribution in [3.8, 4) is 0 Å². The Hall–Kier alpha value is -1.59. The molecule has 1 heterocycles. The molecule has 1 aliphatic heterocycles. The van der Waals surface area contributed by atoms with E-state index in [1.165, 1.54) is 0 Å². The van der Waals surface area contributed by atoms with Crippen LogP contribution in [-0.4, -0.2) is 32.3 Å². The number of hydroxylamine groups is 1. The molecule has 1 aromatic rings. The predicted molar refractivity (Wildman–Crippen MR) is 68.3 cm³/mol. The van der Waals surface area contributed by atoms with Crippen molar-refractivity contribution < 1.29 is 14.4 Å². The van der Waals surface area contributed by atoms with E-state index in [-0.39, 0.29) is 6.04 Å². The van der Waals surface area contributed by atoms with Crippen LogP contribution in [-0.2, 0) is 9.57 Å². The van der Waals surface area contributed by atoms with Crippen molar-refractivity contribution in [1.82, 2.24) is 0 Å². The quantitative estimate of drug-likeness (QED) is 0.819. The van der Waals surface area contributed by atoms with Crippen molar-refractivity contribution in [3.63, 3.8) is 0 Å². The number of carbonyl (C=O) groups excluding carboxylic acids is 1. The minimum Gasteiger partial charge on any atom is -0.381 e. The van der Waals surface area contributed by atoms with Crippen LogP contribution in [0, 0.1) is 0 Å². The first-order chi connectivity index (χ1) is 8.74. The number of carbonyl (C=O) groups is 1. The fraction of sp³-hybridized carbons (Fsp3) is 0.462. The lowest BCUT2D eigenvalue weighted by Gasteiger charge is -2.34.